The second-order valence-electron chi connectivity index (χ2n) is 8.56. The number of benzene rings is 1. The van der Waals surface area contributed by atoms with E-state index >= 15 is 0 Å². The van der Waals surface area contributed by atoms with E-state index in [4.69, 9.17) is 9.47 Å². The van der Waals surface area contributed by atoms with Crippen LogP contribution in [0.25, 0.3) is 0 Å². The maximum atomic E-state index is 12.8. The molecule has 1 aromatic heterocycles. The van der Waals surface area contributed by atoms with Crippen LogP contribution in [0.5, 0.6) is 0 Å². The molecule has 4 atom stereocenters. The third-order valence-electron chi connectivity index (χ3n) is 5.56. The van der Waals surface area contributed by atoms with Gasteiger partial charge in [-0.2, -0.15) is 0 Å². The molecule has 0 aliphatic carbocycles. The molecule has 2 aromatic rings. The van der Waals surface area contributed by atoms with E-state index in [2.05, 4.69) is 18.8 Å². The molecular formula is C23H30N2O6. The first-order chi connectivity index (χ1) is 14.7. The summed E-state index contributed by atoms with van der Waals surface area (Å²) in [6.45, 7) is 7.31. The van der Waals surface area contributed by atoms with Gasteiger partial charge in [0.1, 0.15) is 18.4 Å². The lowest BCUT2D eigenvalue weighted by Gasteiger charge is -2.19. The minimum absolute atomic E-state index is 0.197. The number of ether oxygens (including phenoxy) is 2. The van der Waals surface area contributed by atoms with Crippen molar-refractivity contribution in [3.63, 3.8) is 0 Å². The molecule has 1 aliphatic rings. The third-order valence-corrected chi connectivity index (χ3v) is 5.56. The smallest absolute Gasteiger partial charge is 0.330 e. The first-order valence-electron chi connectivity index (χ1n) is 10.6. The van der Waals surface area contributed by atoms with Gasteiger partial charge in [0, 0.05) is 18.2 Å². The minimum atomic E-state index is -0.756. The molecule has 31 heavy (non-hydrogen) atoms. The Morgan fingerprint density at radius 3 is 2.55 bits per heavy atom. The summed E-state index contributed by atoms with van der Waals surface area (Å²) in [5, 5.41) is 9.68. The van der Waals surface area contributed by atoms with E-state index in [0.29, 0.717) is 11.5 Å². The summed E-state index contributed by atoms with van der Waals surface area (Å²) in [5.41, 5.74) is 1.35. The van der Waals surface area contributed by atoms with E-state index in [1.807, 2.05) is 24.3 Å². The van der Waals surface area contributed by atoms with Crippen LogP contribution in [0.2, 0.25) is 0 Å². The standard InChI is InChI=1S/C23H30N2O6/c1-13(2)9-16-5-7-17(8-6-16)15(4)22(28)31-18-10-20(30-19(18)12-26)25-11-14(3)21(27)24-23(25)29/h5-8,11,13,15,18-20,26H,9-10,12H2,1-4H3,(H,24,27,29)/t15-,18-,19+,20+/m0/s1. The number of aliphatic hydroxyl groups excluding tert-OH is 1. The number of aromatic nitrogens is 2. The Kier molecular flexibility index (Phi) is 7.12. The molecule has 168 valence electrons. The van der Waals surface area contributed by atoms with Gasteiger partial charge in [-0.3, -0.25) is 19.1 Å². The fourth-order valence-electron chi connectivity index (χ4n) is 3.76. The number of esters is 1. The van der Waals surface area contributed by atoms with E-state index in [0.717, 1.165) is 12.0 Å². The Bertz CT molecular complexity index is 1020. The first kappa shape index (κ1) is 23.0. The van der Waals surface area contributed by atoms with Crippen LogP contribution >= 0.6 is 0 Å². The number of nitrogens with zero attached hydrogens (tertiary/aromatic N) is 1. The molecule has 1 saturated heterocycles. The molecule has 0 saturated carbocycles. The summed E-state index contributed by atoms with van der Waals surface area (Å²) in [6.07, 6.45) is 0.372. The second kappa shape index (κ2) is 9.62. The maximum absolute atomic E-state index is 12.8. The average Bonchev–Trinajstić information content (AvgIpc) is 3.12. The van der Waals surface area contributed by atoms with E-state index in [1.165, 1.54) is 16.3 Å². The molecule has 2 heterocycles. The number of nitrogens with one attached hydrogen (secondary N) is 1. The lowest BCUT2D eigenvalue weighted by Crippen LogP contribution is -2.33. The van der Waals surface area contributed by atoms with Crippen LogP contribution in [-0.4, -0.2) is 39.4 Å². The molecule has 0 spiro atoms. The predicted octanol–water partition coefficient (Wildman–Crippen LogP) is 2.04. The zero-order valence-corrected chi connectivity index (χ0v) is 18.3. The van der Waals surface area contributed by atoms with E-state index < -0.39 is 41.6 Å². The quantitative estimate of drug-likeness (QED) is 0.651. The number of hydrogen-bond donors (Lipinski definition) is 2. The van der Waals surface area contributed by atoms with Crippen LogP contribution in [0, 0.1) is 12.8 Å². The summed E-state index contributed by atoms with van der Waals surface area (Å²) in [6, 6.07) is 7.91. The van der Waals surface area contributed by atoms with Gasteiger partial charge in [-0.1, -0.05) is 38.1 Å². The second-order valence-corrected chi connectivity index (χ2v) is 8.56. The molecule has 1 fully saturated rings. The summed E-state index contributed by atoms with van der Waals surface area (Å²) in [4.78, 5) is 38.7. The summed E-state index contributed by atoms with van der Waals surface area (Å²) >= 11 is 0. The van der Waals surface area contributed by atoms with Gasteiger partial charge in [-0.05, 0) is 37.3 Å². The van der Waals surface area contributed by atoms with E-state index in [1.54, 1.807) is 13.8 Å². The number of carbonyl (C=O) groups is 1. The van der Waals surface area contributed by atoms with Crippen molar-refractivity contribution in [3.05, 3.63) is 68.0 Å². The fourth-order valence-corrected chi connectivity index (χ4v) is 3.76. The van der Waals surface area contributed by atoms with Crippen LogP contribution in [0.15, 0.2) is 40.1 Å². The van der Waals surface area contributed by atoms with Gasteiger partial charge in [0.05, 0.1) is 12.5 Å². The number of rotatable bonds is 7. The molecule has 2 N–H and O–H groups in total. The van der Waals surface area contributed by atoms with Crippen molar-refractivity contribution in [2.24, 2.45) is 5.92 Å². The van der Waals surface area contributed by atoms with E-state index in [9.17, 15) is 19.5 Å². The zero-order chi connectivity index (χ0) is 22.7. The summed E-state index contributed by atoms with van der Waals surface area (Å²) in [7, 11) is 0. The Hall–Kier alpha value is -2.71. The largest absolute Gasteiger partial charge is 0.459 e. The monoisotopic (exact) mass is 430 g/mol. The van der Waals surface area contributed by atoms with Gasteiger partial charge in [-0.15, -0.1) is 0 Å². The van der Waals surface area contributed by atoms with Gasteiger partial charge in [-0.25, -0.2) is 4.79 Å². The van der Waals surface area contributed by atoms with Crippen molar-refractivity contribution in [2.75, 3.05) is 6.61 Å². The number of aliphatic hydroxyl groups is 1. The Morgan fingerprint density at radius 1 is 1.26 bits per heavy atom. The summed E-state index contributed by atoms with van der Waals surface area (Å²) in [5.74, 6) is -0.350. The molecule has 1 aliphatic heterocycles. The van der Waals surface area contributed by atoms with Crippen LogP contribution in [0.4, 0.5) is 0 Å². The Morgan fingerprint density at radius 2 is 1.94 bits per heavy atom. The van der Waals surface area contributed by atoms with Gasteiger partial charge in [0.15, 0.2) is 0 Å². The average molecular weight is 431 g/mol. The number of aryl methyl sites for hydroxylation is 1. The number of H-pyrrole nitrogens is 1. The van der Waals surface area contributed by atoms with Crippen LogP contribution in [0.1, 0.15) is 56.0 Å². The maximum Gasteiger partial charge on any atom is 0.330 e. The lowest BCUT2D eigenvalue weighted by atomic mass is 9.97. The molecular weight excluding hydrogens is 400 g/mol. The van der Waals surface area contributed by atoms with Gasteiger partial charge >= 0.3 is 11.7 Å². The number of hydrogen-bond acceptors (Lipinski definition) is 6. The van der Waals surface area contributed by atoms with E-state index in [-0.39, 0.29) is 13.0 Å². The topological polar surface area (TPSA) is 111 Å². The van der Waals surface area contributed by atoms with Crippen molar-refractivity contribution < 1.29 is 19.4 Å². The number of carbonyl (C=O) groups excluding carboxylic acids is 1. The van der Waals surface area contributed by atoms with Crippen LogP contribution < -0.4 is 11.2 Å². The van der Waals surface area contributed by atoms with Crippen molar-refractivity contribution >= 4 is 5.97 Å². The highest BCUT2D eigenvalue weighted by molar-refractivity contribution is 5.77. The molecule has 8 heteroatoms. The van der Waals surface area contributed by atoms with Crippen molar-refractivity contribution in [3.8, 4) is 0 Å². The Balaban J connectivity index is 1.69. The molecule has 8 nitrogen and oxygen atoms in total. The van der Waals surface area contributed by atoms with Crippen molar-refractivity contribution in [1.29, 1.82) is 0 Å². The van der Waals surface area contributed by atoms with Gasteiger partial charge in [0.2, 0.25) is 0 Å². The van der Waals surface area contributed by atoms with Crippen molar-refractivity contribution in [1.82, 2.24) is 9.55 Å². The SMILES string of the molecule is Cc1cn([C@H]2C[C@H](OC(=O)[C@@H](C)c3ccc(CC(C)C)cc3)[C@@H](CO)O2)c(=O)[nH]c1=O. The van der Waals surface area contributed by atoms with Gasteiger partial charge < -0.3 is 14.6 Å². The van der Waals surface area contributed by atoms with Gasteiger partial charge in [0.25, 0.3) is 5.56 Å². The molecule has 1 aromatic carbocycles. The first-order valence-corrected chi connectivity index (χ1v) is 10.6. The molecule has 0 bridgehead atoms. The highest BCUT2D eigenvalue weighted by Crippen LogP contribution is 2.31. The molecule has 0 radical (unpaired) electrons. The lowest BCUT2D eigenvalue weighted by molar-refractivity contribution is -0.154. The zero-order valence-electron chi connectivity index (χ0n) is 18.3. The number of aromatic amines is 1. The normalized spacial score (nSPS) is 21.9. The molecule has 0 unspecified atom stereocenters. The highest BCUT2D eigenvalue weighted by atomic mass is 16.6. The minimum Gasteiger partial charge on any atom is -0.459 e. The van der Waals surface area contributed by atoms with Crippen molar-refractivity contribution in [2.45, 2.75) is 64.9 Å². The predicted molar refractivity (Wildman–Crippen MR) is 115 cm³/mol. The third kappa shape index (κ3) is 5.32. The van der Waals surface area contributed by atoms with Crippen LogP contribution in [0.3, 0.4) is 0 Å². The Labute approximate surface area is 180 Å². The fraction of sp³-hybridized carbons (Fsp3) is 0.522. The summed E-state index contributed by atoms with van der Waals surface area (Å²) < 4.78 is 12.7. The van der Waals surface area contributed by atoms with Crippen LogP contribution in [-0.2, 0) is 20.7 Å². The molecule has 0 amide bonds. The highest BCUT2D eigenvalue weighted by Gasteiger charge is 2.39. The molecule has 3 rings (SSSR count).